The number of fused-ring (bicyclic) bond motifs is 1. The molecule has 4 rings (SSSR count). The minimum absolute atomic E-state index is 0.0743. The second-order valence-electron chi connectivity index (χ2n) is 7.11. The predicted molar refractivity (Wildman–Crippen MR) is 116 cm³/mol. The Balaban J connectivity index is 1.33. The van der Waals surface area contributed by atoms with E-state index < -0.39 is 0 Å². The molecule has 2 heterocycles. The highest BCUT2D eigenvalue weighted by Gasteiger charge is 2.26. The highest BCUT2D eigenvalue weighted by Crippen LogP contribution is 2.32. The van der Waals surface area contributed by atoms with Crippen LogP contribution in [0.4, 0.5) is 11.4 Å². The number of carbonyl (C=O) groups is 2. The fraction of sp³-hybridized carbons (Fsp3) is 0.208. The molecular formula is C24H23N3O3. The van der Waals surface area contributed by atoms with Crippen LogP contribution in [0.25, 0.3) is 0 Å². The van der Waals surface area contributed by atoms with Crippen molar-refractivity contribution < 1.29 is 14.3 Å². The Bertz CT molecular complexity index is 1020. The van der Waals surface area contributed by atoms with E-state index >= 15 is 0 Å². The molecule has 152 valence electrons. The Hall–Kier alpha value is -3.67. The van der Waals surface area contributed by atoms with Gasteiger partial charge in [-0.15, -0.1) is 0 Å². The lowest BCUT2D eigenvalue weighted by Crippen LogP contribution is -2.29. The van der Waals surface area contributed by atoms with Crippen LogP contribution in [-0.2, 0) is 11.2 Å². The Morgan fingerprint density at radius 1 is 1.07 bits per heavy atom. The van der Waals surface area contributed by atoms with Crippen LogP contribution in [0.2, 0.25) is 0 Å². The van der Waals surface area contributed by atoms with Gasteiger partial charge in [0.25, 0.3) is 5.91 Å². The maximum Gasteiger partial charge on any atom is 0.259 e. The first-order chi connectivity index (χ1) is 14.7. The van der Waals surface area contributed by atoms with Crippen LogP contribution < -0.4 is 15.0 Å². The van der Waals surface area contributed by atoms with E-state index in [9.17, 15) is 9.59 Å². The molecule has 0 spiro atoms. The number of aromatic nitrogens is 1. The lowest BCUT2D eigenvalue weighted by atomic mass is 10.1. The van der Waals surface area contributed by atoms with Gasteiger partial charge in [-0.3, -0.25) is 14.6 Å². The van der Waals surface area contributed by atoms with E-state index in [1.807, 2.05) is 48.5 Å². The van der Waals surface area contributed by atoms with Crippen LogP contribution >= 0.6 is 0 Å². The van der Waals surface area contributed by atoms with Crippen LogP contribution in [0.5, 0.6) is 5.75 Å². The molecule has 6 nitrogen and oxygen atoms in total. The maximum absolute atomic E-state index is 12.8. The van der Waals surface area contributed by atoms with Gasteiger partial charge in [0.15, 0.2) is 0 Å². The van der Waals surface area contributed by atoms with E-state index in [1.54, 1.807) is 29.4 Å². The summed E-state index contributed by atoms with van der Waals surface area (Å²) in [4.78, 5) is 30.9. The van der Waals surface area contributed by atoms with E-state index in [0.717, 1.165) is 23.4 Å². The molecule has 0 saturated carbocycles. The third-order valence-electron chi connectivity index (χ3n) is 4.98. The van der Waals surface area contributed by atoms with Crippen LogP contribution in [0.3, 0.4) is 0 Å². The van der Waals surface area contributed by atoms with Crippen molar-refractivity contribution >= 4 is 23.2 Å². The first kappa shape index (κ1) is 19.6. The third kappa shape index (κ3) is 4.66. The average Bonchev–Trinajstić information content (AvgIpc) is 3.21. The molecule has 6 heteroatoms. The van der Waals surface area contributed by atoms with Crippen molar-refractivity contribution in [2.24, 2.45) is 0 Å². The van der Waals surface area contributed by atoms with Crippen molar-refractivity contribution in [2.45, 2.75) is 19.3 Å². The third-order valence-corrected chi connectivity index (χ3v) is 4.98. The van der Waals surface area contributed by atoms with Crippen molar-refractivity contribution in [2.75, 3.05) is 23.4 Å². The second-order valence-corrected chi connectivity index (χ2v) is 7.11. The zero-order valence-corrected chi connectivity index (χ0v) is 16.6. The van der Waals surface area contributed by atoms with Crippen molar-refractivity contribution in [3.63, 3.8) is 0 Å². The maximum atomic E-state index is 12.8. The van der Waals surface area contributed by atoms with Gasteiger partial charge in [0, 0.05) is 36.7 Å². The van der Waals surface area contributed by atoms with Gasteiger partial charge >= 0.3 is 0 Å². The average molecular weight is 401 g/mol. The number of nitrogens with one attached hydrogen (secondary N) is 1. The molecule has 0 unspecified atom stereocenters. The number of nitrogens with zero attached hydrogens (tertiary/aromatic N) is 2. The minimum Gasteiger partial charge on any atom is -0.494 e. The number of rotatable bonds is 7. The fourth-order valence-corrected chi connectivity index (χ4v) is 3.48. The smallest absolute Gasteiger partial charge is 0.259 e. The number of hydrogen-bond acceptors (Lipinski definition) is 4. The molecule has 1 aliphatic rings. The predicted octanol–water partition coefficient (Wildman–Crippen LogP) is 4.08. The number of amides is 2. The summed E-state index contributed by atoms with van der Waals surface area (Å²) in [7, 11) is 0. The minimum atomic E-state index is -0.0802. The first-order valence-electron chi connectivity index (χ1n) is 10.0. The van der Waals surface area contributed by atoms with Gasteiger partial charge in [-0.25, -0.2) is 0 Å². The number of para-hydroxylation sites is 1. The lowest BCUT2D eigenvalue weighted by Gasteiger charge is -2.18. The van der Waals surface area contributed by atoms with Gasteiger partial charge < -0.3 is 15.0 Å². The van der Waals surface area contributed by atoms with Crippen LogP contribution in [0.15, 0.2) is 73.1 Å². The van der Waals surface area contributed by atoms with Crippen LogP contribution in [0.1, 0.15) is 28.8 Å². The van der Waals surface area contributed by atoms with E-state index in [-0.39, 0.29) is 11.8 Å². The molecule has 30 heavy (non-hydrogen) atoms. The molecule has 1 aromatic heterocycles. The monoisotopic (exact) mass is 401 g/mol. The molecular weight excluding hydrogens is 378 g/mol. The number of pyridine rings is 1. The van der Waals surface area contributed by atoms with Gasteiger partial charge in [0.1, 0.15) is 5.75 Å². The Morgan fingerprint density at radius 2 is 1.93 bits per heavy atom. The molecule has 3 aromatic rings. The Morgan fingerprint density at radius 3 is 2.73 bits per heavy atom. The number of carbonyl (C=O) groups excluding carboxylic acids is 2. The fourth-order valence-electron chi connectivity index (χ4n) is 3.48. The van der Waals surface area contributed by atoms with Gasteiger partial charge in [-0.1, -0.05) is 24.3 Å². The molecule has 0 bridgehead atoms. The van der Waals surface area contributed by atoms with Gasteiger partial charge in [0.2, 0.25) is 5.91 Å². The van der Waals surface area contributed by atoms with Crippen LogP contribution in [-0.4, -0.2) is 29.9 Å². The zero-order valence-electron chi connectivity index (χ0n) is 16.6. The molecule has 2 aromatic carbocycles. The summed E-state index contributed by atoms with van der Waals surface area (Å²) < 4.78 is 5.62. The first-order valence-corrected chi connectivity index (χ1v) is 10.0. The molecule has 1 aliphatic heterocycles. The van der Waals surface area contributed by atoms with Crippen LogP contribution in [0, 0.1) is 0 Å². The van der Waals surface area contributed by atoms with Crippen molar-refractivity contribution in [1.82, 2.24) is 4.98 Å². The van der Waals surface area contributed by atoms with E-state index in [0.29, 0.717) is 37.2 Å². The van der Waals surface area contributed by atoms with Crippen molar-refractivity contribution in [1.29, 1.82) is 0 Å². The number of benzene rings is 2. The molecule has 2 amide bonds. The summed E-state index contributed by atoms with van der Waals surface area (Å²) in [6, 6.07) is 18.8. The molecule has 0 fully saturated rings. The number of anilines is 2. The molecule has 1 N–H and O–H groups in total. The highest BCUT2D eigenvalue weighted by molar-refractivity contribution is 6.07. The standard InChI is InChI=1S/C24H23N3O3/c28-23(9-5-15-30-21-7-2-1-3-8-21)26-20-11-10-18-12-14-27(22(18)16-20)24(29)19-6-4-13-25-17-19/h1-4,6-8,10-11,13,16-17H,5,9,12,14-15H2,(H,26,28). The molecule has 0 aliphatic carbocycles. The van der Waals surface area contributed by atoms with E-state index in [4.69, 9.17) is 4.74 Å². The summed E-state index contributed by atoms with van der Waals surface area (Å²) in [6.45, 7) is 1.10. The zero-order chi connectivity index (χ0) is 20.8. The summed E-state index contributed by atoms with van der Waals surface area (Å²) in [5.41, 5.74) is 3.18. The number of ether oxygens (including phenoxy) is 1. The highest BCUT2D eigenvalue weighted by atomic mass is 16.5. The quantitative estimate of drug-likeness (QED) is 0.606. The lowest BCUT2D eigenvalue weighted by molar-refractivity contribution is -0.116. The summed E-state index contributed by atoms with van der Waals surface area (Å²) in [6.07, 6.45) is 5.00. The molecule has 0 saturated heterocycles. The van der Waals surface area contributed by atoms with E-state index in [1.165, 1.54) is 0 Å². The second kappa shape index (κ2) is 9.22. The van der Waals surface area contributed by atoms with Crippen molar-refractivity contribution in [3.05, 3.63) is 84.2 Å². The Kier molecular flexibility index (Phi) is 6.03. The SMILES string of the molecule is O=C(CCCOc1ccccc1)Nc1ccc2c(c1)N(C(=O)c1cccnc1)CC2. The summed E-state index contributed by atoms with van der Waals surface area (Å²) in [5, 5.41) is 2.92. The van der Waals surface area contributed by atoms with Gasteiger partial charge in [-0.05, 0) is 54.8 Å². The van der Waals surface area contributed by atoms with Crippen molar-refractivity contribution in [3.8, 4) is 5.75 Å². The summed E-state index contributed by atoms with van der Waals surface area (Å²) >= 11 is 0. The van der Waals surface area contributed by atoms with Gasteiger partial charge in [0.05, 0.1) is 12.2 Å². The molecule has 0 radical (unpaired) electrons. The van der Waals surface area contributed by atoms with Gasteiger partial charge in [-0.2, -0.15) is 0 Å². The molecule has 0 atom stereocenters. The summed E-state index contributed by atoms with van der Waals surface area (Å²) in [5.74, 6) is 0.646. The Labute approximate surface area is 175 Å². The number of hydrogen-bond donors (Lipinski definition) is 1. The van der Waals surface area contributed by atoms with E-state index in [2.05, 4.69) is 10.3 Å². The topological polar surface area (TPSA) is 71.5 Å². The largest absolute Gasteiger partial charge is 0.494 e. The normalized spacial score (nSPS) is 12.3.